The molecule has 5 nitrogen and oxygen atoms in total. The van der Waals surface area contributed by atoms with Crippen LogP contribution in [0.15, 0.2) is 22.6 Å². The number of hydrogen-bond donors (Lipinski definition) is 0. The topological polar surface area (TPSA) is 45.4 Å². The van der Waals surface area contributed by atoms with E-state index in [0.29, 0.717) is 18.3 Å². The van der Waals surface area contributed by atoms with E-state index in [1.165, 1.54) is 0 Å². The van der Waals surface area contributed by atoms with Gasteiger partial charge in [0.1, 0.15) is 0 Å². The largest absolute Gasteiger partial charge is 0.423 e. The van der Waals surface area contributed by atoms with E-state index in [2.05, 4.69) is 27.0 Å². The van der Waals surface area contributed by atoms with Crippen LogP contribution in [0.4, 0.5) is 11.4 Å². The van der Waals surface area contributed by atoms with E-state index < -0.39 is 0 Å². The molecule has 112 valence electrons. The number of aromatic nitrogens is 2. The number of benzene rings is 1. The number of likely N-dealkylation sites (N-methyl/N-ethyl adjacent to an activating group) is 1. The highest BCUT2D eigenvalue weighted by Gasteiger charge is 2.22. The first-order chi connectivity index (χ1) is 10.0. The molecule has 0 aliphatic carbocycles. The summed E-state index contributed by atoms with van der Waals surface area (Å²) in [5.74, 6) is 1.60. The summed E-state index contributed by atoms with van der Waals surface area (Å²) in [7, 11) is 2.08. The van der Waals surface area contributed by atoms with Gasteiger partial charge in [0, 0.05) is 31.1 Å². The lowest BCUT2D eigenvalue weighted by molar-refractivity contribution is 0.428. The Balaban J connectivity index is 1.85. The Hall–Kier alpha value is -1.75. The molecule has 3 rings (SSSR count). The van der Waals surface area contributed by atoms with Gasteiger partial charge in [0.25, 0.3) is 0 Å². The first-order valence-corrected chi connectivity index (χ1v) is 7.50. The van der Waals surface area contributed by atoms with Crippen molar-refractivity contribution < 1.29 is 4.42 Å². The molecule has 6 heteroatoms. The van der Waals surface area contributed by atoms with E-state index in [-0.39, 0.29) is 5.92 Å². The fourth-order valence-electron chi connectivity index (χ4n) is 2.47. The Kier molecular flexibility index (Phi) is 3.76. The normalized spacial score (nSPS) is 14.7. The van der Waals surface area contributed by atoms with Crippen LogP contribution < -0.4 is 9.80 Å². The summed E-state index contributed by atoms with van der Waals surface area (Å²) in [6, 6.07) is 5.96. The molecule has 0 fully saturated rings. The fraction of sp³-hybridized carbons (Fsp3) is 0.467. The molecular weight excluding hydrogens is 288 g/mol. The third-order valence-corrected chi connectivity index (χ3v) is 3.93. The Bertz CT molecular complexity index is 640. The van der Waals surface area contributed by atoms with Crippen LogP contribution in [0.5, 0.6) is 0 Å². The molecule has 0 amide bonds. The molecule has 1 aromatic carbocycles. The van der Waals surface area contributed by atoms with Gasteiger partial charge in [0.15, 0.2) is 0 Å². The standard InChI is InChI=1S/C15H19ClN4O/c1-10(2)15-18-17-14(21-15)9-20-7-6-19(3)13-8-11(16)4-5-12(13)20/h4-5,8,10H,6-7,9H2,1-3H3. The minimum Gasteiger partial charge on any atom is -0.423 e. The van der Waals surface area contributed by atoms with Crippen LogP contribution in [0.25, 0.3) is 0 Å². The summed E-state index contributed by atoms with van der Waals surface area (Å²) in [6.07, 6.45) is 0. The lowest BCUT2D eigenvalue weighted by atomic mass is 10.1. The van der Waals surface area contributed by atoms with Gasteiger partial charge in [-0.3, -0.25) is 0 Å². The fourth-order valence-corrected chi connectivity index (χ4v) is 2.64. The summed E-state index contributed by atoms with van der Waals surface area (Å²) in [5, 5.41) is 8.99. The second-order valence-corrected chi connectivity index (χ2v) is 6.10. The monoisotopic (exact) mass is 306 g/mol. The average molecular weight is 307 g/mol. The number of nitrogens with zero attached hydrogens (tertiary/aromatic N) is 4. The van der Waals surface area contributed by atoms with Crippen LogP contribution in [0.1, 0.15) is 31.5 Å². The number of anilines is 2. The third kappa shape index (κ3) is 2.83. The smallest absolute Gasteiger partial charge is 0.235 e. The summed E-state index contributed by atoms with van der Waals surface area (Å²) in [6.45, 7) is 6.58. The van der Waals surface area contributed by atoms with Crippen molar-refractivity contribution in [3.63, 3.8) is 0 Å². The predicted molar refractivity (Wildman–Crippen MR) is 84.2 cm³/mol. The van der Waals surface area contributed by atoms with Crippen molar-refractivity contribution in [1.29, 1.82) is 0 Å². The highest BCUT2D eigenvalue weighted by Crippen LogP contribution is 2.35. The van der Waals surface area contributed by atoms with Crippen LogP contribution in [0.2, 0.25) is 5.02 Å². The van der Waals surface area contributed by atoms with Crippen molar-refractivity contribution >= 4 is 23.0 Å². The van der Waals surface area contributed by atoms with Gasteiger partial charge in [-0.1, -0.05) is 25.4 Å². The molecule has 0 bridgehead atoms. The van der Waals surface area contributed by atoms with Crippen LogP contribution in [0, 0.1) is 0 Å². The molecule has 0 spiro atoms. The molecule has 0 radical (unpaired) electrons. The van der Waals surface area contributed by atoms with Gasteiger partial charge < -0.3 is 14.2 Å². The zero-order valence-corrected chi connectivity index (χ0v) is 13.3. The van der Waals surface area contributed by atoms with Crippen molar-refractivity contribution in [1.82, 2.24) is 10.2 Å². The average Bonchev–Trinajstić information content (AvgIpc) is 2.91. The molecule has 2 aromatic rings. The lowest BCUT2D eigenvalue weighted by Gasteiger charge is -2.36. The summed E-state index contributed by atoms with van der Waals surface area (Å²) < 4.78 is 5.71. The molecule has 0 unspecified atom stereocenters. The molecule has 0 N–H and O–H groups in total. The molecule has 21 heavy (non-hydrogen) atoms. The summed E-state index contributed by atoms with van der Waals surface area (Å²) >= 11 is 6.10. The zero-order chi connectivity index (χ0) is 15.0. The molecule has 1 aliphatic heterocycles. The molecule has 1 aromatic heterocycles. The van der Waals surface area contributed by atoms with E-state index in [4.69, 9.17) is 16.0 Å². The van der Waals surface area contributed by atoms with Crippen LogP contribution in [-0.2, 0) is 6.54 Å². The maximum absolute atomic E-state index is 6.10. The van der Waals surface area contributed by atoms with Gasteiger partial charge in [0.05, 0.1) is 17.9 Å². The molecule has 0 saturated carbocycles. The van der Waals surface area contributed by atoms with Crippen molar-refractivity contribution in [3.05, 3.63) is 35.0 Å². The van der Waals surface area contributed by atoms with Gasteiger partial charge in [-0.2, -0.15) is 0 Å². The number of rotatable bonds is 3. The van der Waals surface area contributed by atoms with Crippen LogP contribution in [0.3, 0.4) is 0 Å². The minimum absolute atomic E-state index is 0.254. The first-order valence-electron chi connectivity index (χ1n) is 7.12. The van der Waals surface area contributed by atoms with Gasteiger partial charge in [-0.05, 0) is 18.2 Å². The predicted octanol–water partition coefficient (Wildman–Crippen LogP) is 3.30. The maximum atomic E-state index is 6.10. The Morgan fingerprint density at radius 3 is 2.76 bits per heavy atom. The Labute approximate surface area is 129 Å². The lowest BCUT2D eigenvalue weighted by Crippen LogP contribution is -2.38. The van der Waals surface area contributed by atoms with Crippen molar-refractivity contribution in [3.8, 4) is 0 Å². The Morgan fingerprint density at radius 1 is 1.24 bits per heavy atom. The number of halogens is 1. The molecule has 0 atom stereocenters. The van der Waals surface area contributed by atoms with Crippen LogP contribution >= 0.6 is 11.6 Å². The maximum Gasteiger partial charge on any atom is 0.235 e. The Morgan fingerprint density at radius 2 is 2.05 bits per heavy atom. The van der Waals surface area contributed by atoms with Crippen molar-refractivity contribution in [2.45, 2.75) is 26.3 Å². The summed E-state index contributed by atoms with van der Waals surface area (Å²) in [5.41, 5.74) is 2.29. The minimum atomic E-state index is 0.254. The molecular formula is C15H19ClN4O. The first kappa shape index (κ1) is 14.2. The van der Waals surface area contributed by atoms with E-state index in [1.807, 2.05) is 32.0 Å². The second-order valence-electron chi connectivity index (χ2n) is 5.66. The van der Waals surface area contributed by atoms with Gasteiger partial charge in [0.2, 0.25) is 11.8 Å². The second kappa shape index (κ2) is 5.56. The third-order valence-electron chi connectivity index (χ3n) is 3.70. The van der Waals surface area contributed by atoms with Gasteiger partial charge >= 0.3 is 0 Å². The van der Waals surface area contributed by atoms with Crippen molar-refractivity contribution in [2.24, 2.45) is 0 Å². The van der Waals surface area contributed by atoms with Gasteiger partial charge in [-0.15, -0.1) is 10.2 Å². The highest BCUT2D eigenvalue weighted by molar-refractivity contribution is 6.31. The van der Waals surface area contributed by atoms with Crippen molar-refractivity contribution in [2.75, 3.05) is 29.9 Å². The summed E-state index contributed by atoms with van der Waals surface area (Å²) in [4.78, 5) is 4.47. The number of hydrogen-bond acceptors (Lipinski definition) is 5. The van der Waals surface area contributed by atoms with Gasteiger partial charge in [-0.25, -0.2) is 0 Å². The molecule has 1 aliphatic rings. The molecule has 2 heterocycles. The van der Waals surface area contributed by atoms with E-state index >= 15 is 0 Å². The quantitative estimate of drug-likeness (QED) is 0.870. The highest BCUT2D eigenvalue weighted by atomic mass is 35.5. The molecule has 0 saturated heterocycles. The zero-order valence-electron chi connectivity index (χ0n) is 12.5. The van der Waals surface area contributed by atoms with Crippen LogP contribution in [-0.4, -0.2) is 30.3 Å². The SMILES string of the molecule is CC(C)c1nnc(CN2CCN(C)c3cc(Cl)ccc32)o1. The number of fused-ring (bicyclic) bond motifs is 1. The van der Waals surface area contributed by atoms with E-state index in [9.17, 15) is 0 Å². The van der Waals surface area contributed by atoms with E-state index in [1.54, 1.807) is 0 Å². The van der Waals surface area contributed by atoms with E-state index in [0.717, 1.165) is 29.5 Å².